The van der Waals surface area contributed by atoms with Gasteiger partial charge >= 0.3 is 5.97 Å². The van der Waals surface area contributed by atoms with Crippen LogP contribution in [0.3, 0.4) is 0 Å². The van der Waals surface area contributed by atoms with Gasteiger partial charge in [0.15, 0.2) is 0 Å². The van der Waals surface area contributed by atoms with Crippen LogP contribution in [0.25, 0.3) is 10.9 Å². The van der Waals surface area contributed by atoms with Crippen LogP contribution in [0, 0.1) is 0 Å². The van der Waals surface area contributed by atoms with Gasteiger partial charge in [0.2, 0.25) is 5.43 Å². The Hall–Kier alpha value is -2.37. The van der Waals surface area contributed by atoms with Crippen LogP contribution in [-0.4, -0.2) is 28.9 Å². The molecule has 1 aromatic heterocycles. The van der Waals surface area contributed by atoms with Gasteiger partial charge in [0.1, 0.15) is 17.5 Å². The highest BCUT2D eigenvalue weighted by Crippen LogP contribution is 2.42. The molecular formula is C14H12FNO4. The van der Waals surface area contributed by atoms with Gasteiger partial charge in [0, 0.05) is 12.6 Å². The fourth-order valence-electron chi connectivity index (χ4n) is 2.40. The van der Waals surface area contributed by atoms with Gasteiger partial charge in [-0.1, -0.05) is 6.07 Å². The van der Waals surface area contributed by atoms with E-state index in [1.807, 2.05) is 0 Å². The number of carboxylic acids is 1. The number of nitrogens with zero attached hydrogens (tertiary/aromatic N) is 1. The molecule has 2 atom stereocenters. The van der Waals surface area contributed by atoms with Crippen molar-refractivity contribution in [3.05, 3.63) is 40.2 Å². The maximum Gasteiger partial charge on any atom is 0.341 e. The minimum atomic E-state index is -1.32. The van der Waals surface area contributed by atoms with Crippen LogP contribution in [-0.2, 0) is 0 Å². The Morgan fingerprint density at radius 2 is 2.20 bits per heavy atom. The molecule has 1 aromatic carbocycles. The fourth-order valence-corrected chi connectivity index (χ4v) is 2.40. The number of pyridine rings is 1. The summed E-state index contributed by atoms with van der Waals surface area (Å²) in [5.41, 5.74) is -0.501. The van der Waals surface area contributed by atoms with Crippen LogP contribution in [0.4, 0.5) is 4.39 Å². The molecule has 104 valence electrons. The number of aromatic nitrogens is 1. The minimum absolute atomic E-state index is 0.225. The van der Waals surface area contributed by atoms with E-state index in [1.165, 1.54) is 23.9 Å². The first-order valence-corrected chi connectivity index (χ1v) is 6.13. The molecular weight excluding hydrogens is 265 g/mol. The summed E-state index contributed by atoms with van der Waals surface area (Å²) >= 11 is 0. The molecule has 0 aliphatic heterocycles. The lowest BCUT2D eigenvalue weighted by Gasteiger charge is -2.14. The molecule has 5 nitrogen and oxygen atoms in total. The van der Waals surface area contributed by atoms with Crippen LogP contribution in [0.5, 0.6) is 5.75 Å². The maximum absolute atomic E-state index is 13.4. The van der Waals surface area contributed by atoms with Crippen molar-refractivity contribution in [1.29, 1.82) is 0 Å². The lowest BCUT2D eigenvalue weighted by Crippen LogP contribution is -2.19. The Bertz CT molecular complexity index is 768. The lowest BCUT2D eigenvalue weighted by atomic mass is 10.1. The normalized spacial score (nSPS) is 20.9. The lowest BCUT2D eigenvalue weighted by molar-refractivity contribution is 0.0694. The zero-order chi connectivity index (χ0) is 14.4. The Kier molecular flexibility index (Phi) is 2.74. The molecule has 0 radical (unpaired) electrons. The van der Waals surface area contributed by atoms with E-state index in [1.54, 1.807) is 12.1 Å². The molecule has 1 heterocycles. The Morgan fingerprint density at radius 1 is 1.50 bits per heavy atom. The van der Waals surface area contributed by atoms with Crippen LogP contribution >= 0.6 is 0 Å². The van der Waals surface area contributed by atoms with Gasteiger partial charge in [-0.15, -0.1) is 0 Å². The quantitative estimate of drug-likeness (QED) is 0.931. The number of hydrogen-bond donors (Lipinski definition) is 1. The predicted molar refractivity (Wildman–Crippen MR) is 70.3 cm³/mol. The maximum atomic E-state index is 13.4. The van der Waals surface area contributed by atoms with Gasteiger partial charge in [0.05, 0.1) is 24.1 Å². The third-order valence-corrected chi connectivity index (χ3v) is 3.50. The van der Waals surface area contributed by atoms with Crippen molar-refractivity contribution in [2.45, 2.75) is 18.6 Å². The highest BCUT2D eigenvalue weighted by molar-refractivity contribution is 5.94. The number of fused-ring (bicyclic) bond motifs is 1. The number of hydrogen-bond acceptors (Lipinski definition) is 3. The summed E-state index contributed by atoms with van der Waals surface area (Å²) in [6, 6.07) is 4.36. The van der Waals surface area contributed by atoms with Crippen molar-refractivity contribution >= 4 is 16.9 Å². The average molecular weight is 277 g/mol. The fraction of sp³-hybridized carbons (Fsp3) is 0.286. The summed E-state index contributed by atoms with van der Waals surface area (Å²) in [6.07, 6.45) is 0.502. The Labute approximate surface area is 113 Å². The zero-order valence-corrected chi connectivity index (χ0v) is 10.7. The van der Waals surface area contributed by atoms with E-state index in [4.69, 9.17) is 9.84 Å². The molecule has 0 saturated heterocycles. The van der Waals surface area contributed by atoms with Gasteiger partial charge in [-0.3, -0.25) is 4.79 Å². The first-order chi connectivity index (χ1) is 9.54. The number of rotatable bonds is 3. The number of ether oxygens (including phenoxy) is 1. The molecule has 2 aromatic rings. The number of benzene rings is 1. The molecule has 1 fully saturated rings. The monoisotopic (exact) mass is 277 g/mol. The van der Waals surface area contributed by atoms with Crippen LogP contribution in [0.15, 0.2) is 29.2 Å². The number of carbonyl (C=O) groups is 1. The second kappa shape index (κ2) is 4.33. The molecule has 0 bridgehead atoms. The summed E-state index contributed by atoms with van der Waals surface area (Å²) in [4.78, 5) is 23.3. The summed E-state index contributed by atoms with van der Waals surface area (Å²) in [5, 5.41) is 9.33. The summed E-state index contributed by atoms with van der Waals surface area (Å²) in [7, 11) is 1.45. The van der Waals surface area contributed by atoms with E-state index in [-0.39, 0.29) is 10.9 Å². The standard InChI is InChI=1S/C14H12FNO4/c1-20-11-4-2-3-7-12(11)16(10-5-9(10)15)6-8(13(7)17)14(18)19/h2-4,6,9-10H,5H2,1H3,(H,18,19)/t9-,10-/m1/s1. The molecule has 3 rings (SSSR count). The molecule has 0 amide bonds. The number of halogens is 1. The van der Waals surface area contributed by atoms with Gasteiger partial charge in [0.25, 0.3) is 0 Å². The number of alkyl halides is 1. The first kappa shape index (κ1) is 12.7. The summed E-state index contributed by atoms with van der Waals surface area (Å²) < 4.78 is 20.1. The average Bonchev–Trinajstić information content (AvgIpc) is 3.15. The third kappa shape index (κ3) is 1.76. The predicted octanol–water partition coefficient (Wildman–Crippen LogP) is 1.99. The first-order valence-electron chi connectivity index (χ1n) is 6.13. The number of methoxy groups -OCH3 is 1. The highest BCUT2D eigenvalue weighted by atomic mass is 19.1. The molecule has 1 N–H and O–H groups in total. The van der Waals surface area contributed by atoms with E-state index < -0.39 is 23.6 Å². The summed E-state index contributed by atoms with van der Waals surface area (Å²) in [6.45, 7) is 0. The molecule has 20 heavy (non-hydrogen) atoms. The van der Waals surface area contributed by atoms with Crippen molar-refractivity contribution in [3.63, 3.8) is 0 Å². The molecule has 0 spiro atoms. The minimum Gasteiger partial charge on any atom is -0.495 e. The van der Waals surface area contributed by atoms with Crippen molar-refractivity contribution in [2.24, 2.45) is 0 Å². The van der Waals surface area contributed by atoms with Crippen LogP contribution < -0.4 is 10.2 Å². The van der Waals surface area contributed by atoms with Crippen molar-refractivity contribution in [3.8, 4) is 5.75 Å². The second-order valence-electron chi connectivity index (χ2n) is 4.76. The van der Waals surface area contributed by atoms with E-state index in [9.17, 15) is 14.0 Å². The van der Waals surface area contributed by atoms with Gasteiger partial charge in [-0.25, -0.2) is 9.18 Å². The van der Waals surface area contributed by atoms with E-state index >= 15 is 0 Å². The van der Waals surface area contributed by atoms with Crippen LogP contribution in [0.2, 0.25) is 0 Å². The Balaban J connectivity index is 2.42. The Morgan fingerprint density at radius 3 is 2.75 bits per heavy atom. The third-order valence-electron chi connectivity index (χ3n) is 3.50. The van der Waals surface area contributed by atoms with Gasteiger partial charge in [-0.05, 0) is 12.1 Å². The number of aromatic carboxylic acids is 1. The number of para-hydroxylation sites is 1. The van der Waals surface area contributed by atoms with Crippen molar-refractivity contribution in [1.82, 2.24) is 4.57 Å². The SMILES string of the molecule is COc1cccc2c(=O)c(C(=O)O)cn([C@@H]3C[C@H]3F)c12. The van der Waals surface area contributed by atoms with E-state index in [2.05, 4.69) is 0 Å². The van der Waals surface area contributed by atoms with E-state index in [0.29, 0.717) is 17.7 Å². The van der Waals surface area contributed by atoms with Gasteiger partial charge in [-0.2, -0.15) is 0 Å². The molecule has 0 unspecified atom stereocenters. The molecule has 1 saturated carbocycles. The molecule has 6 heteroatoms. The van der Waals surface area contributed by atoms with Crippen molar-refractivity contribution < 1.29 is 19.0 Å². The molecule has 1 aliphatic carbocycles. The topological polar surface area (TPSA) is 68.5 Å². The highest BCUT2D eigenvalue weighted by Gasteiger charge is 2.40. The molecule has 1 aliphatic rings. The smallest absolute Gasteiger partial charge is 0.341 e. The zero-order valence-electron chi connectivity index (χ0n) is 10.7. The summed E-state index contributed by atoms with van der Waals surface area (Å²) in [5.74, 6) is -0.889. The number of carboxylic acid groups (broad SMARTS) is 1. The van der Waals surface area contributed by atoms with Crippen molar-refractivity contribution in [2.75, 3.05) is 7.11 Å². The van der Waals surface area contributed by atoms with E-state index in [0.717, 1.165) is 0 Å². The van der Waals surface area contributed by atoms with Crippen LogP contribution in [0.1, 0.15) is 22.8 Å². The largest absolute Gasteiger partial charge is 0.495 e. The van der Waals surface area contributed by atoms with Gasteiger partial charge < -0.3 is 14.4 Å². The second-order valence-corrected chi connectivity index (χ2v) is 4.76.